The van der Waals surface area contributed by atoms with E-state index in [1.54, 1.807) is 0 Å². The average molecular weight is 275 g/mol. The van der Waals surface area contributed by atoms with E-state index in [1.165, 1.54) is 24.0 Å². The molecular formula is C17H25NO2. The van der Waals surface area contributed by atoms with Crippen LogP contribution in [0, 0.1) is 5.41 Å². The van der Waals surface area contributed by atoms with Gasteiger partial charge in [0.05, 0.1) is 6.61 Å². The van der Waals surface area contributed by atoms with Crippen LogP contribution in [0.1, 0.15) is 30.9 Å². The van der Waals surface area contributed by atoms with Crippen molar-refractivity contribution < 1.29 is 9.47 Å². The Balaban J connectivity index is 1.43. The van der Waals surface area contributed by atoms with E-state index >= 15 is 0 Å². The molecule has 2 aliphatic heterocycles. The maximum absolute atomic E-state index is 5.54. The highest BCUT2D eigenvalue weighted by molar-refractivity contribution is 5.39. The van der Waals surface area contributed by atoms with Gasteiger partial charge in [0.25, 0.3) is 0 Å². The lowest BCUT2D eigenvalue weighted by molar-refractivity contribution is 0.0242. The SMILES string of the molecule is CC1(CNCCc2ccc3c(c2)CCO3)CCOCC1. The van der Waals surface area contributed by atoms with E-state index in [0.29, 0.717) is 5.41 Å². The summed E-state index contributed by atoms with van der Waals surface area (Å²) in [6.45, 7) is 7.21. The second-order valence-corrected chi connectivity index (χ2v) is 6.39. The third kappa shape index (κ3) is 3.33. The quantitative estimate of drug-likeness (QED) is 0.838. The Morgan fingerprint density at radius 3 is 2.90 bits per heavy atom. The van der Waals surface area contributed by atoms with Crippen LogP contribution in [0.25, 0.3) is 0 Å². The van der Waals surface area contributed by atoms with Gasteiger partial charge in [0.15, 0.2) is 0 Å². The summed E-state index contributed by atoms with van der Waals surface area (Å²) in [7, 11) is 0. The first-order valence-corrected chi connectivity index (χ1v) is 7.78. The zero-order valence-electron chi connectivity index (χ0n) is 12.4. The fraction of sp³-hybridized carbons (Fsp3) is 0.647. The van der Waals surface area contributed by atoms with E-state index in [1.807, 2.05) is 0 Å². The van der Waals surface area contributed by atoms with E-state index in [4.69, 9.17) is 9.47 Å². The number of nitrogens with one attached hydrogen (secondary N) is 1. The van der Waals surface area contributed by atoms with Crippen molar-refractivity contribution in [1.29, 1.82) is 0 Å². The summed E-state index contributed by atoms with van der Waals surface area (Å²) in [5.74, 6) is 1.08. The van der Waals surface area contributed by atoms with E-state index in [2.05, 4.69) is 30.4 Å². The molecule has 2 heterocycles. The van der Waals surface area contributed by atoms with Gasteiger partial charge in [-0.2, -0.15) is 0 Å². The lowest BCUT2D eigenvalue weighted by Crippen LogP contribution is -2.37. The minimum absolute atomic E-state index is 0.421. The monoisotopic (exact) mass is 275 g/mol. The van der Waals surface area contributed by atoms with Gasteiger partial charge in [-0.15, -0.1) is 0 Å². The Kier molecular flexibility index (Phi) is 4.27. The van der Waals surface area contributed by atoms with Gasteiger partial charge in [-0.3, -0.25) is 0 Å². The molecule has 0 atom stereocenters. The molecule has 0 aliphatic carbocycles. The van der Waals surface area contributed by atoms with Crippen molar-refractivity contribution >= 4 is 0 Å². The van der Waals surface area contributed by atoms with Crippen LogP contribution < -0.4 is 10.1 Å². The lowest BCUT2D eigenvalue weighted by Gasteiger charge is -2.33. The zero-order valence-corrected chi connectivity index (χ0v) is 12.4. The molecule has 1 N–H and O–H groups in total. The van der Waals surface area contributed by atoms with Gasteiger partial charge in [-0.25, -0.2) is 0 Å². The Bertz CT molecular complexity index is 452. The van der Waals surface area contributed by atoms with Gasteiger partial charge >= 0.3 is 0 Å². The van der Waals surface area contributed by atoms with Gasteiger partial charge < -0.3 is 14.8 Å². The molecule has 1 aromatic rings. The first-order valence-electron chi connectivity index (χ1n) is 7.78. The first-order chi connectivity index (χ1) is 9.75. The average Bonchev–Trinajstić information content (AvgIpc) is 2.92. The molecule has 0 aromatic heterocycles. The van der Waals surface area contributed by atoms with Crippen LogP contribution in [0.2, 0.25) is 0 Å². The molecule has 1 saturated heterocycles. The number of rotatable bonds is 5. The molecule has 0 amide bonds. The third-order valence-corrected chi connectivity index (χ3v) is 4.60. The van der Waals surface area contributed by atoms with Crippen molar-refractivity contribution in [2.45, 2.75) is 32.6 Å². The molecule has 0 radical (unpaired) electrons. The van der Waals surface area contributed by atoms with E-state index in [0.717, 1.165) is 51.5 Å². The highest BCUT2D eigenvalue weighted by Crippen LogP contribution is 2.29. The fourth-order valence-corrected chi connectivity index (χ4v) is 3.06. The van der Waals surface area contributed by atoms with Crippen LogP contribution >= 0.6 is 0 Å². The molecule has 0 saturated carbocycles. The predicted octanol–water partition coefficient (Wildman–Crippen LogP) is 2.57. The van der Waals surface area contributed by atoms with Gasteiger partial charge in [0.1, 0.15) is 5.75 Å². The van der Waals surface area contributed by atoms with Gasteiger partial charge in [0, 0.05) is 26.2 Å². The summed E-state index contributed by atoms with van der Waals surface area (Å²) in [6.07, 6.45) is 4.51. The molecule has 2 aliphatic rings. The maximum atomic E-state index is 5.54. The fourth-order valence-electron chi connectivity index (χ4n) is 3.06. The topological polar surface area (TPSA) is 30.5 Å². The molecule has 0 unspecified atom stereocenters. The van der Waals surface area contributed by atoms with Crippen LogP contribution in [0.5, 0.6) is 5.75 Å². The number of hydrogen-bond acceptors (Lipinski definition) is 3. The van der Waals surface area contributed by atoms with E-state index in [9.17, 15) is 0 Å². The second-order valence-electron chi connectivity index (χ2n) is 6.39. The lowest BCUT2D eigenvalue weighted by atomic mass is 9.82. The zero-order chi connectivity index (χ0) is 13.8. The molecule has 1 fully saturated rings. The Hall–Kier alpha value is -1.06. The summed E-state index contributed by atoms with van der Waals surface area (Å²) in [5, 5.41) is 3.63. The summed E-state index contributed by atoms with van der Waals surface area (Å²) in [5.41, 5.74) is 3.21. The smallest absolute Gasteiger partial charge is 0.122 e. The summed E-state index contributed by atoms with van der Waals surface area (Å²) < 4.78 is 11.0. The normalized spacial score (nSPS) is 20.4. The highest BCUT2D eigenvalue weighted by Gasteiger charge is 2.26. The van der Waals surface area contributed by atoms with Crippen molar-refractivity contribution in [2.24, 2.45) is 5.41 Å². The van der Waals surface area contributed by atoms with Crippen molar-refractivity contribution in [3.8, 4) is 5.75 Å². The molecule has 0 spiro atoms. The van der Waals surface area contributed by atoms with Crippen molar-refractivity contribution in [3.63, 3.8) is 0 Å². The van der Waals surface area contributed by atoms with Crippen LogP contribution in [0.3, 0.4) is 0 Å². The predicted molar refractivity (Wildman–Crippen MR) is 80.4 cm³/mol. The number of benzene rings is 1. The van der Waals surface area contributed by atoms with Gasteiger partial charge in [-0.1, -0.05) is 19.1 Å². The minimum atomic E-state index is 0.421. The maximum Gasteiger partial charge on any atom is 0.122 e. The number of ether oxygens (including phenoxy) is 2. The van der Waals surface area contributed by atoms with E-state index in [-0.39, 0.29) is 0 Å². The summed E-state index contributed by atoms with van der Waals surface area (Å²) in [6, 6.07) is 6.62. The molecule has 3 heteroatoms. The molecule has 0 bridgehead atoms. The standard InChI is InChI=1S/C17H25NO2/c1-17(6-10-19-11-7-17)13-18-8-4-14-2-3-16-15(12-14)5-9-20-16/h2-3,12,18H,4-11,13H2,1H3. The summed E-state index contributed by atoms with van der Waals surface area (Å²) >= 11 is 0. The molecule has 3 nitrogen and oxygen atoms in total. The van der Waals surface area contributed by atoms with Gasteiger partial charge in [0.2, 0.25) is 0 Å². The highest BCUT2D eigenvalue weighted by atomic mass is 16.5. The molecule has 1 aromatic carbocycles. The van der Waals surface area contributed by atoms with Crippen molar-refractivity contribution in [2.75, 3.05) is 32.9 Å². The van der Waals surface area contributed by atoms with Crippen molar-refractivity contribution in [1.82, 2.24) is 5.32 Å². The van der Waals surface area contributed by atoms with E-state index < -0.39 is 0 Å². The Morgan fingerprint density at radius 1 is 1.20 bits per heavy atom. The third-order valence-electron chi connectivity index (χ3n) is 4.60. The molecule has 110 valence electrons. The van der Waals surface area contributed by atoms with Crippen LogP contribution in [0.15, 0.2) is 18.2 Å². The van der Waals surface area contributed by atoms with Crippen LogP contribution in [-0.2, 0) is 17.6 Å². The Labute approximate surface area is 121 Å². The summed E-state index contributed by atoms with van der Waals surface area (Å²) in [4.78, 5) is 0. The largest absolute Gasteiger partial charge is 0.493 e. The minimum Gasteiger partial charge on any atom is -0.493 e. The molecule has 20 heavy (non-hydrogen) atoms. The van der Waals surface area contributed by atoms with Crippen LogP contribution in [-0.4, -0.2) is 32.9 Å². The first kappa shape index (κ1) is 13.9. The number of fused-ring (bicyclic) bond motifs is 1. The molecule has 3 rings (SSSR count). The number of hydrogen-bond donors (Lipinski definition) is 1. The molecular weight excluding hydrogens is 250 g/mol. The Morgan fingerprint density at radius 2 is 2.05 bits per heavy atom. The van der Waals surface area contributed by atoms with Gasteiger partial charge in [-0.05, 0) is 48.4 Å². The second kappa shape index (κ2) is 6.15. The van der Waals surface area contributed by atoms with Crippen molar-refractivity contribution in [3.05, 3.63) is 29.3 Å². The van der Waals surface area contributed by atoms with Crippen LogP contribution in [0.4, 0.5) is 0 Å².